The summed E-state index contributed by atoms with van der Waals surface area (Å²) in [7, 11) is 2.96. The molecule has 0 aromatic heterocycles. The van der Waals surface area contributed by atoms with E-state index in [1.54, 1.807) is 7.11 Å². The van der Waals surface area contributed by atoms with Crippen LogP contribution in [0.1, 0.15) is 29.3 Å². The minimum absolute atomic E-state index is 0.119. The van der Waals surface area contributed by atoms with Gasteiger partial charge in [0.15, 0.2) is 0 Å². The topological polar surface area (TPSA) is 72.5 Å². The number of carbonyl (C=O) groups excluding carboxylic acids is 1. The molecule has 1 N–H and O–H groups in total. The third kappa shape index (κ3) is 5.14. The molecule has 0 aliphatic heterocycles. The Bertz CT molecular complexity index is 631. The molecule has 118 valence electrons. The first-order valence-electron chi connectivity index (χ1n) is 6.21. The van der Waals surface area contributed by atoms with Crippen LogP contribution in [0.2, 0.25) is 5.02 Å². The van der Waals surface area contributed by atoms with Crippen LogP contribution in [0.15, 0.2) is 17.0 Å². The Morgan fingerprint density at radius 1 is 1.43 bits per heavy atom. The number of hydrogen-bond acceptors (Lipinski definition) is 4. The van der Waals surface area contributed by atoms with Gasteiger partial charge in [-0.3, -0.25) is 4.79 Å². The zero-order valence-electron chi connectivity index (χ0n) is 11.9. The minimum atomic E-state index is -3.97. The van der Waals surface area contributed by atoms with E-state index in [9.17, 15) is 13.2 Å². The number of amides is 1. The van der Waals surface area contributed by atoms with Crippen molar-refractivity contribution in [3.8, 4) is 0 Å². The molecular weight excluding hydrogens is 337 g/mol. The van der Waals surface area contributed by atoms with Crippen molar-refractivity contribution >= 4 is 37.2 Å². The van der Waals surface area contributed by atoms with Crippen LogP contribution < -0.4 is 5.32 Å². The maximum Gasteiger partial charge on any atom is 0.261 e. The third-order valence-electron chi connectivity index (χ3n) is 2.96. The summed E-state index contributed by atoms with van der Waals surface area (Å²) in [6.45, 7) is 3.85. The highest BCUT2D eigenvalue weighted by molar-refractivity contribution is 8.13. The summed E-state index contributed by atoms with van der Waals surface area (Å²) in [5.74, 6) is -0.403. The number of halogens is 2. The lowest BCUT2D eigenvalue weighted by atomic mass is 10.1. The second-order valence-corrected chi connectivity index (χ2v) is 7.64. The lowest BCUT2D eigenvalue weighted by molar-refractivity contribution is 0.0928. The van der Waals surface area contributed by atoms with Crippen LogP contribution in [0.4, 0.5) is 0 Å². The second-order valence-electron chi connectivity index (χ2n) is 4.67. The van der Waals surface area contributed by atoms with E-state index in [1.165, 1.54) is 19.1 Å². The predicted octanol–water partition coefficient (Wildman–Crippen LogP) is 2.73. The Morgan fingerprint density at radius 3 is 2.57 bits per heavy atom. The van der Waals surface area contributed by atoms with E-state index in [1.807, 2.05) is 6.92 Å². The molecule has 1 unspecified atom stereocenters. The number of rotatable bonds is 6. The molecule has 1 aromatic rings. The molecule has 1 rings (SSSR count). The zero-order chi connectivity index (χ0) is 16.2. The summed E-state index contributed by atoms with van der Waals surface area (Å²) in [4.78, 5) is 12.1. The number of nitrogens with one attached hydrogen (secondary N) is 1. The van der Waals surface area contributed by atoms with Gasteiger partial charge in [0.2, 0.25) is 0 Å². The third-order valence-corrected chi connectivity index (χ3v) is 4.63. The van der Waals surface area contributed by atoms with Gasteiger partial charge in [0.25, 0.3) is 15.0 Å². The van der Waals surface area contributed by atoms with E-state index >= 15 is 0 Å². The van der Waals surface area contributed by atoms with E-state index in [0.717, 1.165) is 0 Å². The van der Waals surface area contributed by atoms with Gasteiger partial charge in [0, 0.05) is 41.0 Å². The number of ether oxygens (including phenoxy) is 1. The van der Waals surface area contributed by atoms with Crippen molar-refractivity contribution in [2.24, 2.45) is 0 Å². The molecule has 1 aromatic carbocycles. The monoisotopic (exact) mass is 353 g/mol. The maximum absolute atomic E-state index is 12.2. The smallest absolute Gasteiger partial charge is 0.261 e. The summed E-state index contributed by atoms with van der Waals surface area (Å²) >= 11 is 5.87. The van der Waals surface area contributed by atoms with Gasteiger partial charge in [0.05, 0.1) is 4.90 Å². The van der Waals surface area contributed by atoms with Crippen molar-refractivity contribution in [3.05, 3.63) is 28.3 Å². The van der Waals surface area contributed by atoms with Crippen LogP contribution in [0.25, 0.3) is 0 Å². The molecule has 0 saturated heterocycles. The van der Waals surface area contributed by atoms with Crippen molar-refractivity contribution < 1.29 is 17.9 Å². The van der Waals surface area contributed by atoms with Gasteiger partial charge in [-0.1, -0.05) is 11.6 Å². The van der Waals surface area contributed by atoms with Gasteiger partial charge in [-0.2, -0.15) is 0 Å². The first-order chi connectivity index (χ1) is 9.66. The molecule has 8 heteroatoms. The normalized spacial score (nSPS) is 13.0. The fourth-order valence-corrected chi connectivity index (χ4v) is 3.32. The van der Waals surface area contributed by atoms with E-state index in [-0.39, 0.29) is 27.1 Å². The van der Waals surface area contributed by atoms with Crippen molar-refractivity contribution in [1.29, 1.82) is 0 Å². The number of hydrogen-bond donors (Lipinski definition) is 1. The van der Waals surface area contributed by atoms with Gasteiger partial charge < -0.3 is 10.1 Å². The van der Waals surface area contributed by atoms with Gasteiger partial charge >= 0.3 is 0 Å². The fraction of sp³-hybridized carbons (Fsp3) is 0.462. The summed E-state index contributed by atoms with van der Waals surface area (Å²) in [5, 5.41) is 2.90. The molecule has 0 bridgehead atoms. The van der Waals surface area contributed by atoms with Crippen molar-refractivity contribution in [2.45, 2.75) is 31.2 Å². The Balaban J connectivity index is 3.08. The van der Waals surface area contributed by atoms with E-state index in [2.05, 4.69) is 5.32 Å². The molecule has 0 radical (unpaired) electrons. The lowest BCUT2D eigenvalue weighted by Gasteiger charge is -2.15. The first kappa shape index (κ1) is 18.2. The van der Waals surface area contributed by atoms with Gasteiger partial charge in [0.1, 0.15) is 0 Å². The molecule has 0 spiro atoms. The van der Waals surface area contributed by atoms with E-state index in [0.29, 0.717) is 13.0 Å². The molecule has 21 heavy (non-hydrogen) atoms. The first-order valence-corrected chi connectivity index (χ1v) is 8.90. The van der Waals surface area contributed by atoms with E-state index < -0.39 is 15.0 Å². The molecule has 0 heterocycles. The molecular formula is C13H17Cl2NO4S. The van der Waals surface area contributed by atoms with Crippen molar-refractivity contribution in [2.75, 3.05) is 13.7 Å². The zero-order valence-corrected chi connectivity index (χ0v) is 14.3. The van der Waals surface area contributed by atoms with Crippen molar-refractivity contribution in [1.82, 2.24) is 5.32 Å². The Labute approximate surface area is 134 Å². The highest BCUT2D eigenvalue weighted by Gasteiger charge is 2.21. The molecule has 5 nitrogen and oxygen atoms in total. The maximum atomic E-state index is 12.2. The van der Waals surface area contributed by atoms with Crippen LogP contribution >= 0.6 is 22.3 Å². The van der Waals surface area contributed by atoms with E-state index in [4.69, 9.17) is 27.0 Å². The summed E-state index contributed by atoms with van der Waals surface area (Å²) < 4.78 is 27.9. The molecule has 1 atom stereocenters. The number of methoxy groups -OCH3 is 1. The van der Waals surface area contributed by atoms with Crippen LogP contribution in [-0.2, 0) is 13.8 Å². The summed E-state index contributed by atoms with van der Waals surface area (Å²) in [5.41, 5.74) is 0.455. The quantitative estimate of drug-likeness (QED) is 0.798. The Morgan fingerprint density at radius 2 is 2.05 bits per heavy atom. The number of benzene rings is 1. The van der Waals surface area contributed by atoms with Crippen molar-refractivity contribution in [3.63, 3.8) is 0 Å². The molecule has 0 aliphatic carbocycles. The molecule has 0 fully saturated rings. The largest absolute Gasteiger partial charge is 0.385 e. The van der Waals surface area contributed by atoms with Crippen LogP contribution in [0, 0.1) is 6.92 Å². The summed E-state index contributed by atoms with van der Waals surface area (Å²) in [6.07, 6.45) is 0.641. The Kier molecular flexibility index (Phi) is 6.46. The van der Waals surface area contributed by atoms with Gasteiger partial charge in [-0.05, 0) is 38.0 Å². The van der Waals surface area contributed by atoms with Gasteiger partial charge in [-0.15, -0.1) is 0 Å². The van der Waals surface area contributed by atoms with Crippen LogP contribution in [0.5, 0.6) is 0 Å². The Hall–Kier alpha value is -0.820. The highest BCUT2D eigenvalue weighted by atomic mass is 35.7. The van der Waals surface area contributed by atoms with Crippen LogP contribution in [-0.4, -0.2) is 34.1 Å². The predicted molar refractivity (Wildman–Crippen MR) is 82.6 cm³/mol. The molecule has 0 aliphatic rings. The fourth-order valence-electron chi connectivity index (χ4n) is 1.81. The standard InChI is InChI=1S/C13H17Cl2NO4S/c1-8(4-5-20-3)16-13(17)11-6-10(14)7-12(9(11)2)21(15,18)19/h6-8H,4-5H2,1-3H3,(H,16,17). The highest BCUT2D eigenvalue weighted by Crippen LogP contribution is 2.27. The van der Waals surface area contributed by atoms with Crippen LogP contribution in [0.3, 0.4) is 0 Å². The average Bonchev–Trinajstić information content (AvgIpc) is 2.37. The lowest BCUT2D eigenvalue weighted by Crippen LogP contribution is -2.34. The SMILES string of the molecule is COCCC(C)NC(=O)c1cc(Cl)cc(S(=O)(=O)Cl)c1C. The molecule has 1 amide bonds. The minimum Gasteiger partial charge on any atom is -0.385 e. The molecule has 0 saturated carbocycles. The average molecular weight is 354 g/mol. The number of carbonyl (C=O) groups is 1. The summed E-state index contributed by atoms with van der Waals surface area (Å²) in [6, 6.07) is 2.53. The van der Waals surface area contributed by atoms with Gasteiger partial charge in [-0.25, -0.2) is 8.42 Å². The second kappa shape index (κ2) is 7.45.